The van der Waals surface area contributed by atoms with Crippen LogP contribution in [-0.4, -0.2) is 11.2 Å². The molecule has 4 heteroatoms. The first kappa shape index (κ1) is 12.4. The van der Waals surface area contributed by atoms with Gasteiger partial charge in [0.1, 0.15) is 5.75 Å². The number of aryl methyl sites for hydroxylation is 1. The van der Waals surface area contributed by atoms with E-state index in [0.717, 1.165) is 5.75 Å². The van der Waals surface area contributed by atoms with Gasteiger partial charge in [-0.3, -0.25) is 0 Å². The van der Waals surface area contributed by atoms with Crippen LogP contribution in [0.25, 0.3) is 0 Å². The van der Waals surface area contributed by atoms with Crippen molar-refractivity contribution in [2.75, 3.05) is 0 Å². The molecule has 4 nitrogen and oxygen atoms in total. The third-order valence-corrected chi connectivity index (χ3v) is 2.26. The lowest BCUT2D eigenvalue weighted by molar-refractivity contribution is -0.736. The van der Waals surface area contributed by atoms with Crippen LogP contribution in [0, 0.1) is 0 Å². The molecule has 0 atom stereocenters. The first-order valence-electron chi connectivity index (χ1n) is 5.92. The Hall–Kier alpha value is -2.10. The Bertz CT molecular complexity index is 512. The lowest BCUT2D eigenvalue weighted by Crippen LogP contribution is -2.36. The Labute approximate surface area is 107 Å². The monoisotopic (exact) mass is 245 g/mol. The molecular formula is C14H17N2O2+. The molecule has 18 heavy (non-hydrogen) atoms. The first-order valence-corrected chi connectivity index (χ1v) is 5.92. The lowest BCUT2D eigenvalue weighted by Gasteiger charge is -2.06. The van der Waals surface area contributed by atoms with E-state index in [1.807, 2.05) is 57.3 Å². The number of aromatic nitrogens is 2. The van der Waals surface area contributed by atoms with Gasteiger partial charge in [0.15, 0.2) is 7.05 Å². The summed E-state index contributed by atoms with van der Waals surface area (Å²) in [5.41, 5.74) is 0. The van der Waals surface area contributed by atoms with E-state index >= 15 is 0 Å². The predicted octanol–water partition coefficient (Wildman–Crippen LogP) is 2.49. The third kappa shape index (κ3) is 3.20. The molecule has 1 aromatic carbocycles. The number of ether oxygens (including phenoxy) is 2. The fourth-order valence-electron chi connectivity index (χ4n) is 1.50. The average Bonchev–Trinajstić information content (AvgIpc) is 2.33. The highest BCUT2D eigenvalue weighted by atomic mass is 16.5. The second kappa shape index (κ2) is 5.49. The quantitative estimate of drug-likeness (QED) is 0.776. The summed E-state index contributed by atoms with van der Waals surface area (Å²) in [7, 11) is 1.83. The van der Waals surface area contributed by atoms with E-state index in [1.165, 1.54) is 0 Å². The van der Waals surface area contributed by atoms with Crippen LogP contribution in [-0.2, 0) is 7.05 Å². The number of nitrogens with zero attached hydrogens (tertiary/aromatic N) is 2. The van der Waals surface area contributed by atoms with Crippen molar-refractivity contribution >= 4 is 0 Å². The molecule has 94 valence electrons. The largest absolute Gasteiger partial charge is 0.440 e. The summed E-state index contributed by atoms with van der Waals surface area (Å²) in [5.74, 6) is 2.02. The zero-order valence-electron chi connectivity index (χ0n) is 10.8. The molecule has 0 bridgehead atoms. The van der Waals surface area contributed by atoms with Crippen LogP contribution in [0.3, 0.4) is 0 Å². The maximum absolute atomic E-state index is 5.63. The number of hydrogen-bond acceptors (Lipinski definition) is 3. The molecule has 0 N–H and O–H groups in total. The topological polar surface area (TPSA) is 35.2 Å². The van der Waals surface area contributed by atoms with E-state index in [-0.39, 0.29) is 6.10 Å². The SMILES string of the molecule is CC(C)Oc1ccc(Oc2ccccc2)n[n+]1C. The maximum Gasteiger partial charge on any atom is 0.393 e. The molecule has 1 heterocycles. The van der Waals surface area contributed by atoms with Gasteiger partial charge in [-0.25, -0.2) is 0 Å². The summed E-state index contributed by atoms with van der Waals surface area (Å²) in [6.07, 6.45) is 0.124. The van der Waals surface area contributed by atoms with Crippen molar-refractivity contribution in [1.29, 1.82) is 0 Å². The molecule has 0 saturated heterocycles. The average molecular weight is 245 g/mol. The third-order valence-electron chi connectivity index (χ3n) is 2.26. The van der Waals surface area contributed by atoms with Crippen molar-refractivity contribution in [3.8, 4) is 17.5 Å². The van der Waals surface area contributed by atoms with E-state index in [1.54, 1.807) is 10.7 Å². The highest BCUT2D eigenvalue weighted by Gasteiger charge is 2.13. The fourth-order valence-corrected chi connectivity index (χ4v) is 1.50. The molecule has 0 fully saturated rings. The predicted molar refractivity (Wildman–Crippen MR) is 67.7 cm³/mol. The van der Waals surface area contributed by atoms with Gasteiger partial charge in [-0.1, -0.05) is 18.2 Å². The van der Waals surface area contributed by atoms with Crippen LogP contribution in [0.15, 0.2) is 42.5 Å². The van der Waals surface area contributed by atoms with Gasteiger partial charge >= 0.3 is 5.88 Å². The molecule has 0 spiro atoms. The minimum absolute atomic E-state index is 0.124. The highest BCUT2D eigenvalue weighted by molar-refractivity contribution is 5.26. The van der Waals surface area contributed by atoms with Crippen LogP contribution in [0.1, 0.15) is 13.8 Å². The molecule has 2 aromatic rings. The van der Waals surface area contributed by atoms with E-state index in [0.29, 0.717) is 11.8 Å². The first-order chi connectivity index (χ1) is 8.65. The molecule has 0 radical (unpaired) electrons. The Kier molecular flexibility index (Phi) is 3.77. The van der Waals surface area contributed by atoms with E-state index < -0.39 is 0 Å². The van der Waals surface area contributed by atoms with Crippen molar-refractivity contribution in [2.24, 2.45) is 7.05 Å². The number of hydrogen-bond donors (Lipinski definition) is 0. The second-order valence-corrected chi connectivity index (χ2v) is 4.22. The van der Waals surface area contributed by atoms with Gasteiger partial charge < -0.3 is 9.47 Å². The van der Waals surface area contributed by atoms with Crippen LogP contribution >= 0.6 is 0 Å². The standard InChI is InChI=1S/C14H17N2O2/c1-11(2)17-14-10-9-13(15-16(14)3)18-12-7-5-4-6-8-12/h4-11H,1-3H3/q+1. The van der Waals surface area contributed by atoms with Gasteiger partial charge in [0.2, 0.25) is 0 Å². The number of para-hydroxylation sites is 1. The van der Waals surface area contributed by atoms with Crippen LogP contribution in [0.4, 0.5) is 0 Å². The lowest BCUT2D eigenvalue weighted by atomic mass is 10.3. The van der Waals surface area contributed by atoms with Gasteiger partial charge in [-0.2, -0.15) is 0 Å². The summed E-state index contributed by atoms with van der Waals surface area (Å²) in [6.45, 7) is 3.96. The molecule has 0 aliphatic rings. The molecule has 0 saturated carbocycles. The summed E-state index contributed by atoms with van der Waals surface area (Å²) < 4.78 is 12.9. The fraction of sp³-hybridized carbons (Fsp3) is 0.286. The summed E-state index contributed by atoms with van der Waals surface area (Å²) in [6, 6.07) is 13.2. The molecular weight excluding hydrogens is 228 g/mol. The van der Waals surface area contributed by atoms with Gasteiger partial charge in [-0.05, 0) is 30.7 Å². The van der Waals surface area contributed by atoms with Gasteiger partial charge in [-0.15, -0.1) is 0 Å². The maximum atomic E-state index is 5.63. The molecule has 0 amide bonds. The van der Waals surface area contributed by atoms with Crippen LogP contribution < -0.4 is 14.2 Å². The normalized spacial score (nSPS) is 10.4. The van der Waals surface area contributed by atoms with Crippen molar-refractivity contribution in [2.45, 2.75) is 20.0 Å². The molecule has 0 aliphatic heterocycles. The smallest absolute Gasteiger partial charge is 0.393 e. The summed E-state index contributed by atoms with van der Waals surface area (Å²) in [4.78, 5) is 0. The van der Waals surface area contributed by atoms with Crippen molar-refractivity contribution in [3.63, 3.8) is 0 Å². The van der Waals surface area contributed by atoms with Crippen molar-refractivity contribution < 1.29 is 14.2 Å². The molecule has 1 aromatic heterocycles. The van der Waals surface area contributed by atoms with Crippen molar-refractivity contribution in [1.82, 2.24) is 5.10 Å². The molecule has 2 rings (SSSR count). The van der Waals surface area contributed by atoms with E-state index in [4.69, 9.17) is 9.47 Å². The molecule has 0 unspecified atom stereocenters. The Morgan fingerprint density at radius 1 is 1.06 bits per heavy atom. The summed E-state index contributed by atoms with van der Waals surface area (Å²) in [5, 5.41) is 4.29. The van der Waals surface area contributed by atoms with E-state index in [9.17, 15) is 0 Å². The number of benzene rings is 1. The minimum atomic E-state index is 0.124. The molecule has 0 aliphatic carbocycles. The second-order valence-electron chi connectivity index (χ2n) is 4.22. The number of rotatable bonds is 4. The Balaban J connectivity index is 2.14. The highest BCUT2D eigenvalue weighted by Crippen LogP contribution is 2.18. The van der Waals surface area contributed by atoms with E-state index in [2.05, 4.69) is 5.10 Å². The van der Waals surface area contributed by atoms with Gasteiger partial charge in [0.25, 0.3) is 5.88 Å². The minimum Gasteiger partial charge on any atom is -0.440 e. The van der Waals surface area contributed by atoms with Crippen molar-refractivity contribution in [3.05, 3.63) is 42.5 Å². The van der Waals surface area contributed by atoms with Gasteiger partial charge in [0, 0.05) is 11.2 Å². The van der Waals surface area contributed by atoms with Gasteiger partial charge in [0.05, 0.1) is 12.2 Å². The summed E-state index contributed by atoms with van der Waals surface area (Å²) >= 11 is 0. The Morgan fingerprint density at radius 3 is 2.39 bits per heavy atom. The van der Waals surface area contributed by atoms with Crippen LogP contribution in [0.5, 0.6) is 17.5 Å². The zero-order chi connectivity index (χ0) is 13.0. The van der Waals surface area contributed by atoms with Crippen LogP contribution in [0.2, 0.25) is 0 Å². The Morgan fingerprint density at radius 2 is 1.78 bits per heavy atom. The zero-order valence-corrected chi connectivity index (χ0v) is 10.8.